The molecular formula is C10H13NO. The maximum atomic E-state index is 5.43. The van der Waals surface area contributed by atoms with E-state index in [1.165, 1.54) is 5.56 Å². The zero-order chi connectivity index (χ0) is 8.55. The standard InChI is InChI=1S/C10H13NO/c1-7(2)8-5-10-9(11-6-8)3-4-12-10/h5-7H,3-4H2,1-2H3. The van der Waals surface area contributed by atoms with Crippen molar-refractivity contribution in [3.8, 4) is 5.75 Å². The summed E-state index contributed by atoms with van der Waals surface area (Å²) in [5.74, 6) is 1.52. The molecule has 1 aliphatic rings. The van der Waals surface area contributed by atoms with Gasteiger partial charge in [0, 0.05) is 12.6 Å². The lowest BCUT2D eigenvalue weighted by Gasteiger charge is -2.05. The SMILES string of the molecule is CC(C)c1cnc2c(c1)OCC2. The second-order valence-electron chi connectivity index (χ2n) is 3.47. The van der Waals surface area contributed by atoms with Crippen LogP contribution in [0.25, 0.3) is 0 Å². The van der Waals surface area contributed by atoms with Crippen LogP contribution in [0.3, 0.4) is 0 Å². The van der Waals surface area contributed by atoms with Crippen LogP contribution in [0.1, 0.15) is 31.0 Å². The first-order chi connectivity index (χ1) is 5.77. The van der Waals surface area contributed by atoms with E-state index in [2.05, 4.69) is 24.9 Å². The number of hydrogen-bond donors (Lipinski definition) is 0. The Morgan fingerprint density at radius 1 is 1.50 bits per heavy atom. The van der Waals surface area contributed by atoms with E-state index in [-0.39, 0.29) is 0 Å². The number of ether oxygens (including phenoxy) is 1. The minimum atomic E-state index is 0.534. The Hall–Kier alpha value is -1.05. The number of fused-ring (bicyclic) bond motifs is 1. The molecule has 0 fully saturated rings. The summed E-state index contributed by atoms with van der Waals surface area (Å²) in [6, 6.07) is 2.11. The summed E-state index contributed by atoms with van der Waals surface area (Å²) in [4.78, 5) is 4.36. The predicted molar refractivity (Wildman–Crippen MR) is 47.5 cm³/mol. The van der Waals surface area contributed by atoms with Crippen LogP contribution in [-0.2, 0) is 6.42 Å². The molecule has 1 aliphatic heterocycles. The third kappa shape index (κ3) is 1.17. The fourth-order valence-electron chi connectivity index (χ4n) is 1.37. The molecule has 1 aromatic heterocycles. The molecule has 0 unspecified atom stereocenters. The van der Waals surface area contributed by atoms with Crippen LogP contribution in [-0.4, -0.2) is 11.6 Å². The van der Waals surface area contributed by atoms with E-state index in [0.29, 0.717) is 5.92 Å². The molecule has 0 spiro atoms. The highest BCUT2D eigenvalue weighted by molar-refractivity contribution is 5.35. The van der Waals surface area contributed by atoms with Gasteiger partial charge in [-0.05, 0) is 17.5 Å². The molecule has 0 N–H and O–H groups in total. The first-order valence-corrected chi connectivity index (χ1v) is 4.39. The predicted octanol–water partition coefficient (Wildman–Crippen LogP) is 2.14. The van der Waals surface area contributed by atoms with Gasteiger partial charge in [0.05, 0.1) is 12.3 Å². The first-order valence-electron chi connectivity index (χ1n) is 4.39. The summed E-state index contributed by atoms with van der Waals surface area (Å²) >= 11 is 0. The van der Waals surface area contributed by atoms with E-state index in [0.717, 1.165) is 24.5 Å². The van der Waals surface area contributed by atoms with E-state index < -0.39 is 0 Å². The van der Waals surface area contributed by atoms with E-state index >= 15 is 0 Å². The first kappa shape index (κ1) is 7.59. The lowest BCUT2D eigenvalue weighted by molar-refractivity contribution is 0.356. The van der Waals surface area contributed by atoms with Crippen LogP contribution in [0.4, 0.5) is 0 Å². The van der Waals surface area contributed by atoms with Crippen LogP contribution in [0.15, 0.2) is 12.3 Å². The molecule has 64 valence electrons. The molecule has 12 heavy (non-hydrogen) atoms. The van der Waals surface area contributed by atoms with Gasteiger partial charge < -0.3 is 4.74 Å². The molecule has 0 amide bonds. The molecule has 0 atom stereocenters. The van der Waals surface area contributed by atoms with E-state index in [9.17, 15) is 0 Å². The molecule has 2 heteroatoms. The fourth-order valence-corrected chi connectivity index (χ4v) is 1.37. The molecular weight excluding hydrogens is 150 g/mol. The van der Waals surface area contributed by atoms with Crippen molar-refractivity contribution in [2.75, 3.05) is 6.61 Å². The van der Waals surface area contributed by atoms with Crippen molar-refractivity contribution in [1.29, 1.82) is 0 Å². The minimum Gasteiger partial charge on any atom is -0.491 e. The summed E-state index contributed by atoms with van der Waals surface area (Å²) < 4.78 is 5.43. The van der Waals surface area contributed by atoms with Gasteiger partial charge in [-0.2, -0.15) is 0 Å². The summed E-state index contributed by atoms with van der Waals surface area (Å²) in [5.41, 5.74) is 2.37. The van der Waals surface area contributed by atoms with Gasteiger partial charge in [-0.25, -0.2) is 0 Å². The third-order valence-corrected chi connectivity index (χ3v) is 2.21. The Bertz CT molecular complexity index is 294. The lowest BCUT2D eigenvalue weighted by atomic mass is 10.1. The minimum absolute atomic E-state index is 0.534. The van der Waals surface area contributed by atoms with Gasteiger partial charge >= 0.3 is 0 Å². The summed E-state index contributed by atoms with van der Waals surface area (Å²) in [7, 11) is 0. The molecule has 0 aliphatic carbocycles. The van der Waals surface area contributed by atoms with Crippen molar-refractivity contribution >= 4 is 0 Å². The maximum Gasteiger partial charge on any atom is 0.141 e. The van der Waals surface area contributed by atoms with E-state index in [1.54, 1.807) is 0 Å². The monoisotopic (exact) mass is 163 g/mol. The molecule has 0 bridgehead atoms. The largest absolute Gasteiger partial charge is 0.491 e. The number of aromatic nitrogens is 1. The van der Waals surface area contributed by atoms with E-state index in [1.807, 2.05) is 6.20 Å². The highest BCUT2D eigenvalue weighted by Crippen LogP contribution is 2.26. The smallest absolute Gasteiger partial charge is 0.141 e. The summed E-state index contributed by atoms with van der Waals surface area (Å²) in [6.45, 7) is 5.13. The quantitative estimate of drug-likeness (QED) is 0.632. The van der Waals surface area contributed by atoms with Gasteiger partial charge in [-0.3, -0.25) is 4.98 Å². The van der Waals surface area contributed by atoms with Crippen LogP contribution in [0.5, 0.6) is 5.75 Å². The molecule has 2 rings (SSSR count). The third-order valence-electron chi connectivity index (χ3n) is 2.21. The Kier molecular flexibility index (Phi) is 1.75. The van der Waals surface area contributed by atoms with Crippen molar-refractivity contribution in [3.05, 3.63) is 23.5 Å². The van der Waals surface area contributed by atoms with Crippen molar-refractivity contribution in [3.63, 3.8) is 0 Å². The highest BCUT2D eigenvalue weighted by atomic mass is 16.5. The Labute approximate surface area is 72.6 Å². The molecule has 0 aromatic carbocycles. The van der Waals surface area contributed by atoms with Crippen molar-refractivity contribution in [2.45, 2.75) is 26.2 Å². The normalized spacial score (nSPS) is 14.6. The fraction of sp³-hybridized carbons (Fsp3) is 0.500. The summed E-state index contributed by atoms with van der Waals surface area (Å²) in [6.07, 6.45) is 2.92. The second kappa shape index (κ2) is 2.77. The molecule has 2 heterocycles. The van der Waals surface area contributed by atoms with Crippen LogP contribution in [0, 0.1) is 0 Å². The number of rotatable bonds is 1. The second-order valence-corrected chi connectivity index (χ2v) is 3.47. The molecule has 0 radical (unpaired) electrons. The Morgan fingerprint density at radius 3 is 3.08 bits per heavy atom. The number of nitrogens with zero attached hydrogens (tertiary/aromatic N) is 1. The molecule has 0 saturated carbocycles. The van der Waals surface area contributed by atoms with Crippen molar-refractivity contribution in [2.24, 2.45) is 0 Å². The van der Waals surface area contributed by atoms with Gasteiger partial charge in [0.15, 0.2) is 0 Å². The zero-order valence-corrected chi connectivity index (χ0v) is 7.50. The maximum absolute atomic E-state index is 5.43. The molecule has 2 nitrogen and oxygen atoms in total. The topological polar surface area (TPSA) is 22.1 Å². The average Bonchev–Trinajstić information content (AvgIpc) is 2.49. The zero-order valence-electron chi connectivity index (χ0n) is 7.50. The van der Waals surface area contributed by atoms with Crippen molar-refractivity contribution in [1.82, 2.24) is 4.98 Å². The van der Waals surface area contributed by atoms with Crippen LogP contribution >= 0.6 is 0 Å². The Balaban J connectivity index is 2.39. The van der Waals surface area contributed by atoms with Crippen molar-refractivity contribution < 1.29 is 4.74 Å². The number of pyridine rings is 1. The molecule has 1 aromatic rings. The Morgan fingerprint density at radius 2 is 2.33 bits per heavy atom. The van der Waals surface area contributed by atoms with Gasteiger partial charge in [0.2, 0.25) is 0 Å². The van der Waals surface area contributed by atoms with Crippen LogP contribution < -0.4 is 4.74 Å². The average molecular weight is 163 g/mol. The van der Waals surface area contributed by atoms with Crippen LogP contribution in [0.2, 0.25) is 0 Å². The summed E-state index contributed by atoms with van der Waals surface area (Å²) in [5, 5.41) is 0. The van der Waals surface area contributed by atoms with Gasteiger partial charge in [-0.15, -0.1) is 0 Å². The number of hydrogen-bond acceptors (Lipinski definition) is 2. The lowest BCUT2D eigenvalue weighted by Crippen LogP contribution is -1.91. The van der Waals surface area contributed by atoms with E-state index in [4.69, 9.17) is 4.74 Å². The van der Waals surface area contributed by atoms with Gasteiger partial charge in [0.1, 0.15) is 5.75 Å². The van der Waals surface area contributed by atoms with Gasteiger partial charge in [-0.1, -0.05) is 13.8 Å². The highest BCUT2D eigenvalue weighted by Gasteiger charge is 2.14. The van der Waals surface area contributed by atoms with Gasteiger partial charge in [0.25, 0.3) is 0 Å². The molecule has 0 saturated heterocycles.